The van der Waals surface area contributed by atoms with Gasteiger partial charge in [-0.15, -0.1) is 0 Å². The van der Waals surface area contributed by atoms with E-state index in [-0.39, 0.29) is 11.1 Å². The third-order valence-electron chi connectivity index (χ3n) is 4.08. The number of aryl methyl sites for hydroxylation is 1. The summed E-state index contributed by atoms with van der Waals surface area (Å²) in [4.78, 5) is 0. The van der Waals surface area contributed by atoms with Gasteiger partial charge < -0.3 is 10.2 Å². The van der Waals surface area contributed by atoms with Gasteiger partial charge in [0.25, 0.3) is 0 Å². The van der Waals surface area contributed by atoms with E-state index in [1.54, 1.807) is 0 Å². The molecule has 19 heavy (non-hydrogen) atoms. The number of aliphatic hydroxyl groups excluding tert-OH is 1. The molecule has 0 heterocycles. The second-order valence-electron chi connectivity index (χ2n) is 5.52. The molecular weight excluding hydrogens is 250 g/mol. The van der Waals surface area contributed by atoms with Gasteiger partial charge in [0.05, 0.1) is 5.60 Å². The van der Waals surface area contributed by atoms with E-state index in [1.807, 2.05) is 0 Å². The third kappa shape index (κ3) is 2.79. The summed E-state index contributed by atoms with van der Waals surface area (Å²) >= 11 is 0. The molecule has 4 heteroatoms. The van der Waals surface area contributed by atoms with Gasteiger partial charge in [-0.25, -0.2) is 8.78 Å². The predicted molar refractivity (Wildman–Crippen MR) is 68.7 cm³/mol. The monoisotopic (exact) mass is 270 g/mol. The number of halogens is 2. The molecule has 0 bridgehead atoms. The Labute approximate surface area is 112 Å². The summed E-state index contributed by atoms with van der Waals surface area (Å²) in [6, 6.07) is 2.79. The van der Waals surface area contributed by atoms with Crippen LogP contribution in [0.15, 0.2) is 12.1 Å². The molecule has 0 spiro atoms. The van der Waals surface area contributed by atoms with Crippen molar-refractivity contribution < 1.29 is 19.0 Å². The number of rotatable bonds is 2. The van der Waals surface area contributed by atoms with Gasteiger partial charge in [-0.3, -0.25) is 0 Å². The van der Waals surface area contributed by atoms with E-state index in [4.69, 9.17) is 0 Å². The first-order valence-electron chi connectivity index (χ1n) is 6.80. The van der Waals surface area contributed by atoms with Crippen molar-refractivity contribution in [1.82, 2.24) is 0 Å². The highest BCUT2D eigenvalue weighted by molar-refractivity contribution is 5.28. The van der Waals surface area contributed by atoms with Gasteiger partial charge in [0.15, 0.2) is 11.6 Å². The maximum atomic E-state index is 13.9. The summed E-state index contributed by atoms with van der Waals surface area (Å²) < 4.78 is 27.4. The van der Waals surface area contributed by atoms with Crippen LogP contribution in [0.4, 0.5) is 8.78 Å². The van der Waals surface area contributed by atoms with Crippen LogP contribution in [0.1, 0.15) is 55.8 Å². The van der Waals surface area contributed by atoms with Gasteiger partial charge in [-0.05, 0) is 25.3 Å². The SMILES string of the molecule is Cc1ccc(C(O)C2(O)CCCCCC2)c(F)c1F. The third-order valence-corrected chi connectivity index (χ3v) is 4.08. The topological polar surface area (TPSA) is 40.5 Å². The summed E-state index contributed by atoms with van der Waals surface area (Å²) in [5.74, 6) is -2.00. The van der Waals surface area contributed by atoms with Crippen LogP contribution in [0, 0.1) is 18.6 Å². The van der Waals surface area contributed by atoms with E-state index >= 15 is 0 Å². The fraction of sp³-hybridized carbons (Fsp3) is 0.600. The molecule has 1 aromatic carbocycles. The van der Waals surface area contributed by atoms with Crippen LogP contribution in [0.25, 0.3) is 0 Å². The van der Waals surface area contributed by atoms with Crippen molar-refractivity contribution in [2.75, 3.05) is 0 Å². The molecule has 0 radical (unpaired) electrons. The van der Waals surface area contributed by atoms with Crippen molar-refractivity contribution in [3.05, 3.63) is 34.9 Å². The molecule has 2 nitrogen and oxygen atoms in total. The molecule has 106 valence electrons. The molecule has 1 aromatic rings. The minimum absolute atomic E-state index is 0.146. The van der Waals surface area contributed by atoms with Crippen LogP contribution in [0.3, 0.4) is 0 Å². The normalized spacial score (nSPS) is 20.9. The fourth-order valence-electron chi connectivity index (χ4n) is 2.78. The first-order valence-corrected chi connectivity index (χ1v) is 6.80. The zero-order valence-corrected chi connectivity index (χ0v) is 11.1. The lowest BCUT2D eigenvalue weighted by atomic mass is 9.84. The van der Waals surface area contributed by atoms with Crippen molar-refractivity contribution in [2.45, 2.75) is 57.2 Å². The van der Waals surface area contributed by atoms with Crippen molar-refractivity contribution in [1.29, 1.82) is 0 Å². The Kier molecular flexibility index (Phi) is 4.21. The number of hydrogen-bond donors (Lipinski definition) is 2. The molecular formula is C15H20F2O2. The summed E-state index contributed by atoms with van der Waals surface area (Å²) in [5, 5.41) is 20.8. The highest BCUT2D eigenvalue weighted by Gasteiger charge is 2.38. The quantitative estimate of drug-likeness (QED) is 0.809. The molecule has 0 aliphatic heterocycles. The smallest absolute Gasteiger partial charge is 0.164 e. The Morgan fingerprint density at radius 2 is 1.63 bits per heavy atom. The lowest BCUT2D eigenvalue weighted by molar-refractivity contribution is -0.0882. The van der Waals surface area contributed by atoms with Gasteiger partial charge in [-0.1, -0.05) is 37.8 Å². The average molecular weight is 270 g/mol. The average Bonchev–Trinajstić information content (AvgIpc) is 2.61. The molecule has 2 rings (SSSR count). The number of benzene rings is 1. The van der Waals surface area contributed by atoms with E-state index in [1.165, 1.54) is 19.1 Å². The van der Waals surface area contributed by atoms with Crippen LogP contribution >= 0.6 is 0 Å². The second kappa shape index (κ2) is 5.55. The van der Waals surface area contributed by atoms with Crippen LogP contribution < -0.4 is 0 Å². The Hall–Kier alpha value is -1.00. The lowest BCUT2D eigenvalue weighted by Gasteiger charge is -2.32. The predicted octanol–water partition coefficient (Wildman–Crippen LogP) is 3.39. The highest BCUT2D eigenvalue weighted by atomic mass is 19.2. The van der Waals surface area contributed by atoms with Crippen molar-refractivity contribution in [3.63, 3.8) is 0 Å². The Morgan fingerprint density at radius 1 is 1.05 bits per heavy atom. The number of aliphatic hydroxyl groups is 2. The van der Waals surface area contributed by atoms with Crippen molar-refractivity contribution >= 4 is 0 Å². The van der Waals surface area contributed by atoms with Gasteiger partial charge in [-0.2, -0.15) is 0 Å². The largest absolute Gasteiger partial charge is 0.387 e. The molecule has 0 aromatic heterocycles. The van der Waals surface area contributed by atoms with Crippen molar-refractivity contribution in [3.8, 4) is 0 Å². The Balaban J connectivity index is 2.32. The van der Waals surface area contributed by atoms with Crippen molar-refractivity contribution in [2.24, 2.45) is 0 Å². The molecule has 1 unspecified atom stereocenters. The summed E-state index contributed by atoms with van der Waals surface area (Å²) in [6.07, 6.45) is 3.06. The zero-order chi connectivity index (χ0) is 14.0. The first-order chi connectivity index (χ1) is 8.96. The minimum atomic E-state index is -1.37. The molecule has 2 N–H and O–H groups in total. The van der Waals surface area contributed by atoms with Gasteiger partial charge in [0.2, 0.25) is 0 Å². The van der Waals surface area contributed by atoms with Crippen LogP contribution in [0.2, 0.25) is 0 Å². The molecule has 0 saturated heterocycles. The summed E-state index contributed by atoms with van der Waals surface area (Å²) in [5.41, 5.74) is -1.30. The molecule has 1 saturated carbocycles. The first kappa shape index (κ1) is 14.4. The van der Waals surface area contributed by atoms with E-state index in [2.05, 4.69) is 0 Å². The maximum absolute atomic E-state index is 13.9. The molecule has 0 amide bonds. The van der Waals surface area contributed by atoms with Gasteiger partial charge >= 0.3 is 0 Å². The standard InChI is InChI=1S/C15H20F2O2/c1-10-6-7-11(13(17)12(10)16)14(18)15(19)8-4-2-3-5-9-15/h6-7,14,18-19H,2-5,8-9H2,1H3. The van der Waals surface area contributed by atoms with E-state index < -0.39 is 23.3 Å². The second-order valence-corrected chi connectivity index (χ2v) is 5.52. The van der Waals surface area contributed by atoms with Crippen LogP contribution in [-0.4, -0.2) is 15.8 Å². The highest BCUT2D eigenvalue weighted by Crippen LogP contribution is 2.38. The number of hydrogen-bond acceptors (Lipinski definition) is 2. The molecule has 1 aliphatic carbocycles. The fourth-order valence-corrected chi connectivity index (χ4v) is 2.78. The Bertz CT molecular complexity index is 452. The van der Waals surface area contributed by atoms with Gasteiger partial charge in [0.1, 0.15) is 6.10 Å². The van der Waals surface area contributed by atoms with E-state index in [0.717, 1.165) is 25.7 Å². The molecule has 1 aliphatic rings. The summed E-state index contributed by atoms with van der Waals surface area (Å²) in [6.45, 7) is 1.47. The van der Waals surface area contributed by atoms with E-state index in [0.29, 0.717) is 12.8 Å². The van der Waals surface area contributed by atoms with Crippen LogP contribution in [-0.2, 0) is 0 Å². The summed E-state index contributed by atoms with van der Waals surface area (Å²) in [7, 11) is 0. The molecule has 1 atom stereocenters. The van der Waals surface area contributed by atoms with Crippen LogP contribution in [0.5, 0.6) is 0 Å². The Morgan fingerprint density at radius 3 is 2.21 bits per heavy atom. The van der Waals surface area contributed by atoms with E-state index in [9.17, 15) is 19.0 Å². The minimum Gasteiger partial charge on any atom is -0.387 e. The lowest BCUT2D eigenvalue weighted by Crippen LogP contribution is -2.36. The zero-order valence-electron chi connectivity index (χ0n) is 11.1. The maximum Gasteiger partial charge on any atom is 0.164 e. The molecule has 1 fully saturated rings. The van der Waals surface area contributed by atoms with Gasteiger partial charge in [0, 0.05) is 5.56 Å².